The van der Waals surface area contributed by atoms with E-state index in [1.807, 2.05) is 0 Å². The van der Waals surface area contributed by atoms with Crippen molar-refractivity contribution in [2.75, 3.05) is 0 Å². The summed E-state index contributed by atoms with van der Waals surface area (Å²) >= 11 is 5.59. The van der Waals surface area contributed by atoms with Crippen LogP contribution in [0, 0.1) is 23.7 Å². The van der Waals surface area contributed by atoms with E-state index >= 15 is 0 Å². The first-order valence-electron chi connectivity index (χ1n) is 7.40. The minimum absolute atomic E-state index is 0.0989. The maximum absolute atomic E-state index is 11.1. The van der Waals surface area contributed by atoms with E-state index < -0.39 is 0 Å². The molecule has 2 aliphatic rings. The molecule has 0 aromatic rings. The molecule has 0 atom stereocenters. The predicted octanol–water partition coefficient (Wildman–Crippen LogP) is 4.77. The van der Waals surface area contributed by atoms with Crippen LogP contribution in [0.4, 0.5) is 0 Å². The first kappa shape index (κ1) is 13.4. The van der Waals surface area contributed by atoms with Gasteiger partial charge in [-0.15, -0.1) is 0 Å². The Balaban J connectivity index is 1.76. The molecule has 17 heavy (non-hydrogen) atoms. The smallest absolute Gasteiger partial charge is 0.224 e. The van der Waals surface area contributed by atoms with Crippen molar-refractivity contribution in [2.24, 2.45) is 23.7 Å². The molecule has 1 nitrogen and oxygen atoms in total. The third kappa shape index (κ3) is 3.47. The van der Waals surface area contributed by atoms with E-state index in [4.69, 9.17) is 11.6 Å². The highest BCUT2D eigenvalue weighted by atomic mass is 35.5. The summed E-state index contributed by atoms with van der Waals surface area (Å²) in [6.45, 7) is 2.32. The van der Waals surface area contributed by atoms with Gasteiger partial charge in [0, 0.05) is 5.92 Å². The second-order valence-electron chi connectivity index (χ2n) is 6.10. The van der Waals surface area contributed by atoms with Crippen LogP contribution in [-0.2, 0) is 4.79 Å². The van der Waals surface area contributed by atoms with Crippen LogP contribution in [0.15, 0.2) is 0 Å². The molecule has 0 saturated heterocycles. The van der Waals surface area contributed by atoms with Gasteiger partial charge in [-0.25, -0.2) is 0 Å². The van der Waals surface area contributed by atoms with Gasteiger partial charge in [-0.3, -0.25) is 4.79 Å². The fourth-order valence-corrected chi connectivity index (χ4v) is 4.10. The maximum atomic E-state index is 11.1. The maximum Gasteiger partial charge on any atom is 0.224 e. The Morgan fingerprint density at radius 2 is 1.41 bits per heavy atom. The highest BCUT2D eigenvalue weighted by Crippen LogP contribution is 2.42. The molecule has 0 N–H and O–H groups in total. The van der Waals surface area contributed by atoms with Gasteiger partial charge in [-0.05, 0) is 67.9 Å². The molecule has 0 aromatic heterocycles. The summed E-state index contributed by atoms with van der Waals surface area (Å²) in [5, 5.41) is -0.0989. The van der Waals surface area contributed by atoms with Crippen LogP contribution in [0.5, 0.6) is 0 Å². The summed E-state index contributed by atoms with van der Waals surface area (Å²) in [6, 6.07) is 0. The third-order valence-corrected chi connectivity index (χ3v) is 5.54. The highest BCUT2D eigenvalue weighted by Gasteiger charge is 2.31. The van der Waals surface area contributed by atoms with Crippen molar-refractivity contribution >= 4 is 16.8 Å². The lowest BCUT2D eigenvalue weighted by Crippen LogP contribution is -2.27. The number of halogens is 1. The van der Waals surface area contributed by atoms with Crippen molar-refractivity contribution < 1.29 is 4.79 Å². The molecule has 98 valence electrons. The third-order valence-electron chi connectivity index (χ3n) is 5.23. The normalized spacial score (nSPS) is 38.9. The molecule has 2 heteroatoms. The van der Waals surface area contributed by atoms with Crippen molar-refractivity contribution in [1.82, 2.24) is 0 Å². The standard InChI is InChI=1S/C15H25ClO/c1-2-11-3-5-12(6-4-11)13-7-9-14(10-8-13)15(16)17/h11-14H,2-10H2,1H3. The number of rotatable bonds is 3. The summed E-state index contributed by atoms with van der Waals surface area (Å²) in [5.74, 6) is 3.00. The Morgan fingerprint density at radius 3 is 1.82 bits per heavy atom. The van der Waals surface area contributed by atoms with Gasteiger partial charge < -0.3 is 0 Å². The lowest BCUT2D eigenvalue weighted by atomic mass is 9.69. The average molecular weight is 257 g/mol. The first-order valence-corrected chi connectivity index (χ1v) is 7.77. The second-order valence-corrected chi connectivity index (χ2v) is 6.48. The van der Waals surface area contributed by atoms with Gasteiger partial charge >= 0.3 is 0 Å². The minimum Gasteiger partial charge on any atom is -0.281 e. The van der Waals surface area contributed by atoms with Crippen molar-refractivity contribution in [3.63, 3.8) is 0 Å². The predicted molar refractivity (Wildman–Crippen MR) is 72.0 cm³/mol. The van der Waals surface area contributed by atoms with Crippen LogP contribution in [0.2, 0.25) is 0 Å². The van der Waals surface area contributed by atoms with Crippen LogP contribution in [0.1, 0.15) is 64.7 Å². The molecule has 2 fully saturated rings. The largest absolute Gasteiger partial charge is 0.281 e. The van der Waals surface area contributed by atoms with Crippen molar-refractivity contribution in [2.45, 2.75) is 64.7 Å². The molecular formula is C15H25ClO. The fraction of sp³-hybridized carbons (Fsp3) is 0.933. The van der Waals surface area contributed by atoms with Gasteiger partial charge in [0.1, 0.15) is 0 Å². The Bertz CT molecular complexity index is 248. The van der Waals surface area contributed by atoms with Crippen LogP contribution in [0.3, 0.4) is 0 Å². The Labute approximate surface area is 110 Å². The van der Waals surface area contributed by atoms with Gasteiger partial charge in [-0.1, -0.05) is 26.2 Å². The second kappa shape index (κ2) is 6.22. The molecule has 0 unspecified atom stereocenters. The van der Waals surface area contributed by atoms with E-state index in [1.165, 1.54) is 44.9 Å². The molecule has 2 saturated carbocycles. The molecule has 0 spiro atoms. The van der Waals surface area contributed by atoms with Gasteiger partial charge in [0.2, 0.25) is 5.24 Å². The monoisotopic (exact) mass is 256 g/mol. The average Bonchev–Trinajstić information content (AvgIpc) is 2.39. The minimum atomic E-state index is -0.0989. The molecule has 0 radical (unpaired) electrons. The van der Waals surface area contributed by atoms with E-state index in [1.54, 1.807) is 0 Å². The zero-order chi connectivity index (χ0) is 12.3. The molecular weight excluding hydrogens is 232 g/mol. The Kier molecular flexibility index (Phi) is 4.90. The number of carbonyl (C=O) groups excluding carboxylic acids is 1. The van der Waals surface area contributed by atoms with E-state index in [9.17, 15) is 4.79 Å². The van der Waals surface area contributed by atoms with Gasteiger partial charge in [-0.2, -0.15) is 0 Å². The zero-order valence-corrected chi connectivity index (χ0v) is 11.7. The van der Waals surface area contributed by atoms with E-state index in [-0.39, 0.29) is 11.2 Å². The summed E-state index contributed by atoms with van der Waals surface area (Å²) in [4.78, 5) is 11.1. The number of hydrogen-bond donors (Lipinski definition) is 0. The summed E-state index contributed by atoms with van der Waals surface area (Å²) in [5.41, 5.74) is 0. The van der Waals surface area contributed by atoms with Gasteiger partial charge in [0.15, 0.2) is 0 Å². The molecule has 2 rings (SSSR count). The Hall–Kier alpha value is -0.0400. The quantitative estimate of drug-likeness (QED) is 0.665. The van der Waals surface area contributed by atoms with E-state index in [0.717, 1.165) is 30.6 Å². The molecule has 2 aliphatic carbocycles. The lowest BCUT2D eigenvalue weighted by molar-refractivity contribution is -0.116. The summed E-state index contributed by atoms with van der Waals surface area (Å²) in [7, 11) is 0. The van der Waals surface area contributed by atoms with Gasteiger partial charge in [0.25, 0.3) is 0 Å². The molecule has 0 heterocycles. The topological polar surface area (TPSA) is 17.1 Å². The highest BCUT2D eigenvalue weighted by molar-refractivity contribution is 6.63. The van der Waals surface area contributed by atoms with Crippen LogP contribution in [0.25, 0.3) is 0 Å². The van der Waals surface area contributed by atoms with Crippen molar-refractivity contribution in [3.8, 4) is 0 Å². The summed E-state index contributed by atoms with van der Waals surface area (Å²) < 4.78 is 0. The van der Waals surface area contributed by atoms with Crippen LogP contribution >= 0.6 is 11.6 Å². The first-order chi connectivity index (χ1) is 8.20. The molecule has 0 amide bonds. The van der Waals surface area contributed by atoms with E-state index in [0.29, 0.717) is 0 Å². The van der Waals surface area contributed by atoms with Crippen LogP contribution in [-0.4, -0.2) is 5.24 Å². The lowest BCUT2D eigenvalue weighted by Gasteiger charge is -2.37. The Morgan fingerprint density at radius 1 is 0.941 bits per heavy atom. The molecule has 0 bridgehead atoms. The number of carbonyl (C=O) groups is 1. The molecule has 0 aliphatic heterocycles. The fourth-order valence-electron chi connectivity index (χ4n) is 3.89. The van der Waals surface area contributed by atoms with Crippen LogP contribution < -0.4 is 0 Å². The van der Waals surface area contributed by atoms with E-state index in [2.05, 4.69) is 6.92 Å². The van der Waals surface area contributed by atoms with Gasteiger partial charge in [0.05, 0.1) is 0 Å². The SMILES string of the molecule is CCC1CCC(C2CCC(C(=O)Cl)CC2)CC1. The molecule has 0 aromatic carbocycles. The zero-order valence-electron chi connectivity index (χ0n) is 11.0. The van der Waals surface area contributed by atoms with Crippen molar-refractivity contribution in [1.29, 1.82) is 0 Å². The number of hydrogen-bond acceptors (Lipinski definition) is 1. The van der Waals surface area contributed by atoms with Crippen molar-refractivity contribution in [3.05, 3.63) is 0 Å². The summed E-state index contributed by atoms with van der Waals surface area (Å²) in [6.07, 6.45) is 11.7.